The molecule has 6 heteroatoms. The zero-order chi connectivity index (χ0) is 19.0. The number of fused-ring (bicyclic) bond motifs is 3. The molecule has 2 heterocycles. The fourth-order valence-electron chi connectivity index (χ4n) is 3.24. The number of nitrogens with zero attached hydrogens (tertiary/aromatic N) is 2. The van der Waals surface area contributed by atoms with Gasteiger partial charge in [-0.2, -0.15) is 0 Å². The van der Waals surface area contributed by atoms with E-state index in [0.29, 0.717) is 5.56 Å². The smallest absolute Gasteiger partial charge is 0.325 e. The van der Waals surface area contributed by atoms with Crippen molar-refractivity contribution in [2.24, 2.45) is 7.05 Å². The van der Waals surface area contributed by atoms with Crippen molar-refractivity contribution in [1.82, 2.24) is 8.97 Å². The van der Waals surface area contributed by atoms with Crippen molar-refractivity contribution in [3.63, 3.8) is 0 Å². The number of rotatable bonds is 5. The van der Waals surface area contributed by atoms with E-state index in [1.165, 1.54) is 0 Å². The van der Waals surface area contributed by atoms with E-state index in [4.69, 9.17) is 9.47 Å². The quantitative estimate of drug-likeness (QED) is 0.519. The first-order valence-electron chi connectivity index (χ1n) is 8.76. The third-order valence-corrected chi connectivity index (χ3v) is 4.16. The number of para-hydroxylation sites is 1. The number of benzene rings is 1. The summed E-state index contributed by atoms with van der Waals surface area (Å²) in [7, 11) is 1.89. The monoisotopic (exact) mass is 356 g/mol. The number of aryl methyl sites for hydroxylation is 1. The summed E-state index contributed by atoms with van der Waals surface area (Å²) in [4.78, 5) is 25.7. The van der Waals surface area contributed by atoms with Gasteiger partial charge in [-0.3, -0.25) is 9.59 Å². The highest BCUT2D eigenvalue weighted by molar-refractivity contribution is 6.08. The Hall–Kier alpha value is -2.76. The predicted octanol–water partition coefficient (Wildman–Crippen LogP) is 3.42. The molecule has 6 nitrogen and oxygen atoms in total. The first kappa shape index (κ1) is 18.0. The second-order valence-corrected chi connectivity index (χ2v) is 6.94. The van der Waals surface area contributed by atoms with Crippen LogP contribution in [-0.4, -0.2) is 33.1 Å². The molecule has 26 heavy (non-hydrogen) atoms. The molecule has 138 valence electrons. The molecule has 0 aliphatic carbocycles. The normalized spacial score (nSPS) is 11.8. The highest BCUT2D eigenvalue weighted by Crippen LogP contribution is 2.34. The Balaban J connectivity index is 2.26. The van der Waals surface area contributed by atoms with Crippen LogP contribution in [0.4, 0.5) is 0 Å². The number of carbonyl (C=O) groups excluding carboxylic acids is 2. The van der Waals surface area contributed by atoms with Crippen molar-refractivity contribution in [3.8, 4) is 0 Å². The maximum Gasteiger partial charge on any atom is 0.325 e. The number of esters is 2. The minimum Gasteiger partial charge on any atom is -0.462 e. The lowest BCUT2D eigenvalue weighted by Crippen LogP contribution is -2.29. The third kappa shape index (κ3) is 3.07. The molecule has 0 N–H and O–H groups in total. The van der Waals surface area contributed by atoms with Crippen LogP contribution in [0.2, 0.25) is 0 Å². The van der Waals surface area contributed by atoms with Crippen LogP contribution < -0.4 is 0 Å². The zero-order valence-corrected chi connectivity index (χ0v) is 15.7. The van der Waals surface area contributed by atoms with Crippen LogP contribution in [0.3, 0.4) is 0 Å². The molecule has 0 aliphatic heterocycles. The maximum atomic E-state index is 12.9. The van der Waals surface area contributed by atoms with Crippen molar-refractivity contribution in [1.29, 1.82) is 0 Å². The van der Waals surface area contributed by atoms with E-state index >= 15 is 0 Å². The summed E-state index contributed by atoms with van der Waals surface area (Å²) in [6.45, 7) is 7.05. The van der Waals surface area contributed by atoms with Gasteiger partial charge in [-0.25, -0.2) is 0 Å². The van der Waals surface area contributed by atoms with Gasteiger partial charge in [0.15, 0.2) is 5.92 Å². The average molecular weight is 356 g/mol. The molecule has 0 bridgehead atoms. The summed E-state index contributed by atoms with van der Waals surface area (Å²) in [5.41, 5.74) is 2.32. The van der Waals surface area contributed by atoms with Crippen molar-refractivity contribution >= 4 is 28.5 Å². The molecule has 0 amide bonds. The number of aromatic nitrogens is 2. The van der Waals surface area contributed by atoms with Gasteiger partial charge in [0.2, 0.25) is 0 Å². The molecule has 0 spiro atoms. The van der Waals surface area contributed by atoms with Gasteiger partial charge >= 0.3 is 11.9 Å². The summed E-state index contributed by atoms with van der Waals surface area (Å²) >= 11 is 0. The van der Waals surface area contributed by atoms with Crippen LogP contribution in [0, 0.1) is 0 Å². The summed E-state index contributed by atoms with van der Waals surface area (Å²) in [6, 6.07) is 7.70. The van der Waals surface area contributed by atoms with Crippen molar-refractivity contribution in [2.75, 3.05) is 0 Å². The Morgan fingerprint density at radius 2 is 1.50 bits per heavy atom. The molecular weight excluding hydrogens is 332 g/mol. The second-order valence-electron chi connectivity index (χ2n) is 6.94. The zero-order valence-electron chi connectivity index (χ0n) is 15.7. The van der Waals surface area contributed by atoms with Gasteiger partial charge in [-0.1, -0.05) is 18.2 Å². The van der Waals surface area contributed by atoms with E-state index in [1.54, 1.807) is 27.7 Å². The molecule has 0 atom stereocenters. The van der Waals surface area contributed by atoms with E-state index in [2.05, 4.69) is 0 Å². The van der Waals surface area contributed by atoms with Crippen molar-refractivity contribution in [3.05, 3.63) is 42.2 Å². The molecule has 1 aromatic carbocycles. The van der Waals surface area contributed by atoms with Gasteiger partial charge in [0.1, 0.15) is 5.65 Å². The molecule has 0 unspecified atom stereocenters. The van der Waals surface area contributed by atoms with E-state index in [9.17, 15) is 9.59 Å². The lowest BCUT2D eigenvalue weighted by Gasteiger charge is -2.18. The van der Waals surface area contributed by atoms with Crippen LogP contribution in [0.25, 0.3) is 16.6 Å². The van der Waals surface area contributed by atoms with Gasteiger partial charge < -0.3 is 18.4 Å². The number of hydrogen-bond acceptors (Lipinski definition) is 4. The Morgan fingerprint density at radius 3 is 2.08 bits per heavy atom. The van der Waals surface area contributed by atoms with Gasteiger partial charge in [0, 0.05) is 30.4 Å². The molecule has 3 rings (SSSR count). The lowest BCUT2D eigenvalue weighted by atomic mass is 9.97. The van der Waals surface area contributed by atoms with Crippen LogP contribution in [0.1, 0.15) is 39.2 Å². The fourth-order valence-corrected chi connectivity index (χ4v) is 3.24. The fraction of sp³-hybridized carbons (Fsp3) is 0.400. The molecule has 0 saturated carbocycles. The standard InChI is InChI=1S/C20H24N2O4/c1-12(2)25-19(23)17(20(24)26-13(3)4)16-14-8-6-7-9-15(14)22-11-10-21(5)18(16)22/h6-13,17H,1-5H3. The van der Waals surface area contributed by atoms with E-state index < -0.39 is 17.9 Å². The minimum absolute atomic E-state index is 0.324. The number of ether oxygens (including phenoxy) is 2. The molecule has 2 aromatic heterocycles. The van der Waals surface area contributed by atoms with Crippen molar-refractivity contribution < 1.29 is 19.1 Å². The number of hydrogen-bond donors (Lipinski definition) is 0. The topological polar surface area (TPSA) is 61.9 Å². The summed E-state index contributed by atoms with van der Waals surface area (Å²) < 4.78 is 14.7. The molecule has 0 radical (unpaired) electrons. The lowest BCUT2D eigenvalue weighted by molar-refractivity contribution is -0.161. The van der Waals surface area contributed by atoms with Crippen LogP contribution in [-0.2, 0) is 26.1 Å². The molecular formula is C20H24N2O4. The van der Waals surface area contributed by atoms with Crippen LogP contribution >= 0.6 is 0 Å². The Labute approximate surface area is 152 Å². The molecule has 0 aliphatic rings. The van der Waals surface area contributed by atoms with Gasteiger partial charge in [0.25, 0.3) is 0 Å². The summed E-state index contributed by atoms with van der Waals surface area (Å²) in [5, 5.41) is 0.838. The van der Waals surface area contributed by atoms with Crippen LogP contribution in [0.5, 0.6) is 0 Å². The molecule has 0 fully saturated rings. The number of imidazole rings is 1. The van der Waals surface area contributed by atoms with Crippen molar-refractivity contribution in [2.45, 2.75) is 45.8 Å². The summed E-state index contributed by atoms with van der Waals surface area (Å²) in [5.74, 6) is -2.32. The first-order chi connectivity index (χ1) is 12.3. The van der Waals surface area contributed by atoms with Gasteiger partial charge in [-0.05, 0) is 33.8 Å². The summed E-state index contributed by atoms with van der Waals surface area (Å²) in [6.07, 6.45) is 3.16. The van der Waals surface area contributed by atoms with Gasteiger partial charge in [0.05, 0.1) is 17.7 Å². The Bertz CT molecular complexity index is 943. The number of carbonyl (C=O) groups is 2. The van der Waals surface area contributed by atoms with E-state index in [1.807, 2.05) is 52.7 Å². The maximum absolute atomic E-state index is 12.9. The largest absolute Gasteiger partial charge is 0.462 e. The molecule has 0 saturated heterocycles. The van der Waals surface area contributed by atoms with E-state index in [-0.39, 0.29) is 12.2 Å². The second kappa shape index (κ2) is 6.86. The Kier molecular flexibility index (Phi) is 4.76. The first-order valence-corrected chi connectivity index (χ1v) is 8.76. The molecule has 3 aromatic rings. The average Bonchev–Trinajstić information content (AvgIpc) is 3.06. The minimum atomic E-state index is -1.14. The van der Waals surface area contributed by atoms with Gasteiger partial charge in [-0.15, -0.1) is 0 Å². The highest BCUT2D eigenvalue weighted by atomic mass is 16.6. The predicted molar refractivity (Wildman–Crippen MR) is 99.1 cm³/mol. The van der Waals surface area contributed by atoms with Crippen LogP contribution in [0.15, 0.2) is 36.7 Å². The SMILES string of the molecule is CC(C)OC(=O)C(C(=O)OC(C)C)c1c2ccccc2n2ccn(C)c12. The van der Waals surface area contributed by atoms with E-state index in [0.717, 1.165) is 16.6 Å². The Morgan fingerprint density at radius 1 is 0.923 bits per heavy atom. The third-order valence-electron chi connectivity index (χ3n) is 4.16. The highest BCUT2D eigenvalue weighted by Gasteiger charge is 2.37.